The van der Waals surface area contributed by atoms with Crippen LogP contribution < -0.4 is 0 Å². The first-order chi connectivity index (χ1) is 6.15. The van der Waals surface area contributed by atoms with E-state index in [0.29, 0.717) is 0 Å². The molecule has 1 aliphatic carbocycles. The first-order valence-electron chi connectivity index (χ1n) is 5.34. The van der Waals surface area contributed by atoms with Crippen molar-refractivity contribution < 1.29 is 9.90 Å². The topological polar surface area (TPSA) is 37.3 Å². The first kappa shape index (κ1) is 15.0. The van der Waals surface area contributed by atoms with Crippen LogP contribution in [0.2, 0.25) is 0 Å². The van der Waals surface area contributed by atoms with E-state index in [1.807, 2.05) is 0 Å². The summed E-state index contributed by atoms with van der Waals surface area (Å²) in [4.78, 5) is 9.00. The van der Waals surface area contributed by atoms with Gasteiger partial charge in [-0.1, -0.05) is 58.8 Å². The van der Waals surface area contributed by atoms with Gasteiger partial charge in [0.1, 0.15) is 0 Å². The zero-order valence-electron chi connectivity index (χ0n) is 9.31. The number of rotatable bonds is 0. The normalized spacial score (nSPS) is 14.4. The maximum absolute atomic E-state index is 9.00. The molecule has 0 aromatic carbocycles. The van der Waals surface area contributed by atoms with Crippen molar-refractivity contribution in [3.05, 3.63) is 0 Å². The van der Waals surface area contributed by atoms with Crippen molar-refractivity contribution in [1.82, 2.24) is 0 Å². The molecular weight excluding hydrogens is 164 g/mol. The van der Waals surface area contributed by atoms with Gasteiger partial charge in [0, 0.05) is 6.92 Å². The molecule has 1 N–H and O–H groups in total. The fourth-order valence-corrected chi connectivity index (χ4v) is 1.06. The van der Waals surface area contributed by atoms with E-state index < -0.39 is 5.97 Å². The lowest BCUT2D eigenvalue weighted by molar-refractivity contribution is -0.134. The van der Waals surface area contributed by atoms with E-state index in [0.717, 1.165) is 6.92 Å². The standard InChI is InChI=1S/C6H12.C3H8.C2H4O2/c1-2-4-6-5-3-1;1-3-2;1-2(3)4/h1-6H2;3H2,1-2H3;1H3,(H,3,4). The second-order valence-electron chi connectivity index (χ2n) is 3.35. The van der Waals surface area contributed by atoms with Gasteiger partial charge in [-0.2, -0.15) is 0 Å². The van der Waals surface area contributed by atoms with E-state index in [9.17, 15) is 0 Å². The molecule has 2 nitrogen and oxygen atoms in total. The number of hydrogen-bond acceptors (Lipinski definition) is 1. The van der Waals surface area contributed by atoms with Crippen LogP contribution in [0.5, 0.6) is 0 Å². The summed E-state index contributed by atoms with van der Waals surface area (Å²) in [5.74, 6) is -0.833. The Bertz CT molecular complexity index is 80.8. The Hall–Kier alpha value is -0.530. The highest BCUT2D eigenvalue weighted by molar-refractivity contribution is 5.62. The van der Waals surface area contributed by atoms with Crippen LogP contribution >= 0.6 is 0 Å². The molecule has 1 saturated carbocycles. The summed E-state index contributed by atoms with van der Waals surface area (Å²) in [6, 6.07) is 0. The van der Waals surface area contributed by atoms with Gasteiger partial charge in [-0.05, 0) is 0 Å². The Labute approximate surface area is 82.4 Å². The lowest BCUT2D eigenvalue weighted by Gasteiger charge is -2.05. The molecule has 0 unspecified atom stereocenters. The molecule has 2 heteroatoms. The van der Waals surface area contributed by atoms with E-state index in [-0.39, 0.29) is 0 Å². The lowest BCUT2D eigenvalue weighted by atomic mass is 10.0. The van der Waals surface area contributed by atoms with E-state index in [4.69, 9.17) is 9.90 Å². The number of aliphatic carboxylic acids is 1. The Morgan fingerprint density at radius 1 is 1.00 bits per heavy atom. The highest BCUT2D eigenvalue weighted by Gasteiger charge is 1.95. The molecule has 0 aromatic heterocycles. The summed E-state index contributed by atoms with van der Waals surface area (Å²) < 4.78 is 0. The summed E-state index contributed by atoms with van der Waals surface area (Å²) in [5, 5.41) is 7.42. The Kier molecular flexibility index (Phi) is 16.1. The van der Waals surface area contributed by atoms with Crippen LogP contribution in [0.4, 0.5) is 0 Å². The Morgan fingerprint density at radius 3 is 1.15 bits per heavy atom. The predicted molar refractivity (Wildman–Crippen MR) is 57.0 cm³/mol. The van der Waals surface area contributed by atoms with Crippen molar-refractivity contribution in [3.63, 3.8) is 0 Å². The molecule has 0 atom stereocenters. The molecule has 0 saturated heterocycles. The van der Waals surface area contributed by atoms with Crippen LogP contribution in [0.1, 0.15) is 65.7 Å². The third-order valence-corrected chi connectivity index (χ3v) is 1.50. The van der Waals surface area contributed by atoms with Gasteiger partial charge in [0.15, 0.2) is 0 Å². The van der Waals surface area contributed by atoms with Crippen LogP contribution in [0.25, 0.3) is 0 Å². The lowest BCUT2D eigenvalue weighted by Crippen LogP contribution is -1.85. The van der Waals surface area contributed by atoms with Crippen molar-refractivity contribution in [2.75, 3.05) is 0 Å². The SMILES string of the molecule is C1CCCCC1.CC(=O)O.CCC. The summed E-state index contributed by atoms with van der Waals surface area (Å²) >= 11 is 0. The van der Waals surface area contributed by atoms with Crippen molar-refractivity contribution >= 4 is 5.97 Å². The Morgan fingerprint density at radius 2 is 1.08 bits per heavy atom. The van der Waals surface area contributed by atoms with Crippen molar-refractivity contribution in [1.29, 1.82) is 0 Å². The average molecular weight is 188 g/mol. The van der Waals surface area contributed by atoms with Gasteiger partial charge in [0.25, 0.3) is 5.97 Å². The van der Waals surface area contributed by atoms with Crippen LogP contribution in [-0.2, 0) is 4.79 Å². The molecule has 0 bridgehead atoms. The van der Waals surface area contributed by atoms with Gasteiger partial charge < -0.3 is 5.11 Å². The summed E-state index contributed by atoms with van der Waals surface area (Å²) in [6.07, 6.45) is 10.2. The van der Waals surface area contributed by atoms with E-state index in [1.165, 1.54) is 44.9 Å². The fraction of sp³-hybridized carbons (Fsp3) is 0.909. The maximum atomic E-state index is 9.00. The number of carbonyl (C=O) groups is 1. The second kappa shape index (κ2) is 14.0. The third-order valence-electron chi connectivity index (χ3n) is 1.50. The second-order valence-corrected chi connectivity index (χ2v) is 3.35. The minimum Gasteiger partial charge on any atom is -0.481 e. The van der Waals surface area contributed by atoms with Crippen molar-refractivity contribution in [3.8, 4) is 0 Å². The highest BCUT2D eigenvalue weighted by Crippen LogP contribution is 2.15. The monoisotopic (exact) mass is 188 g/mol. The van der Waals surface area contributed by atoms with Gasteiger partial charge in [0.2, 0.25) is 0 Å². The minimum atomic E-state index is -0.833. The number of hydrogen-bond donors (Lipinski definition) is 1. The zero-order valence-corrected chi connectivity index (χ0v) is 9.31. The molecular formula is C11H24O2. The van der Waals surface area contributed by atoms with Gasteiger partial charge in [0.05, 0.1) is 0 Å². The molecule has 13 heavy (non-hydrogen) atoms. The Balaban J connectivity index is 0. The summed E-state index contributed by atoms with van der Waals surface area (Å²) in [6.45, 7) is 5.33. The van der Waals surface area contributed by atoms with Crippen LogP contribution in [0, 0.1) is 0 Å². The molecule has 0 radical (unpaired) electrons. The molecule has 1 rings (SSSR count). The molecule has 0 aromatic rings. The van der Waals surface area contributed by atoms with Crippen LogP contribution in [0.15, 0.2) is 0 Å². The summed E-state index contributed by atoms with van der Waals surface area (Å²) in [7, 11) is 0. The zero-order chi connectivity index (χ0) is 10.5. The third kappa shape index (κ3) is 34.4. The van der Waals surface area contributed by atoms with Crippen LogP contribution in [0.3, 0.4) is 0 Å². The van der Waals surface area contributed by atoms with Gasteiger partial charge in [-0.3, -0.25) is 4.79 Å². The molecule has 0 amide bonds. The first-order valence-corrected chi connectivity index (χ1v) is 5.34. The molecule has 0 aliphatic heterocycles. The summed E-state index contributed by atoms with van der Waals surface area (Å²) in [5.41, 5.74) is 0. The maximum Gasteiger partial charge on any atom is 0.300 e. The van der Waals surface area contributed by atoms with Gasteiger partial charge in [-0.15, -0.1) is 0 Å². The highest BCUT2D eigenvalue weighted by atomic mass is 16.4. The quantitative estimate of drug-likeness (QED) is 0.627. The molecule has 0 spiro atoms. The van der Waals surface area contributed by atoms with Crippen LogP contribution in [-0.4, -0.2) is 11.1 Å². The fourth-order valence-electron chi connectivity index (χ4n) is 1.06. The predicted octanol–water partition coefficient (Wildman–Crippen LogP) is 3.85. The van der Waals surface area contributed by atoms with Crippen molar-refractivity contribution in [2.45, 2.75) is 65.7 Å². The smallest absolute Gasteiger partial charge is 0.300 e. The minimum absolute atomic E-state index is 0.833. The van der Waals surface area contributed by atoms with E-state index in [1.54, 1.807) is 0 Å². The number of carboxylic acids is 1. The molecule has 80 valence electrons. The van der Waals surface area contributed by atoms with Gasteiger partial charge in [-0.25, -0.2) is 0 Å². The van der Waals surface area contributed by atoms with E-state index in [2.05, 4.69) is 13.8 Å². The molecule has 0 heterocycles. The van der Waals surface area contributed by atoms with E-state index >= 15 is 0 Å². The van der Waals surface area contributed by atoms with Gasteiger partial charge >= 0.3 is 0 Å². The largest absolute Gasteiger partial charge is 0.481 e. The molecule has 1 aliphatic rings. The average Bonchev–Trinajstić information content (AvgIpc) is 2.08. The number of carboxylic acid groups (broad SMARTS) is 1. The molecule has 1 fully saturated rings. The van der Waals surface area contributed by atoms with Crippen molar-refractivity contribution in [2.24, 2.45) is 0 Å².